The predicted molar refractivity (Wildman–Crippen MR) is 143 cm³/mol. The maximum Gasteiger partial charge on any atom is 0.273 e. The van der Waals surface area contributed by atoms with Crippen molar-refractivity contribution in [2.45, 2.75) is 51.0 Å². The molecule has 0 spiro atoms. The number of fused-ring (bicyclic) bond motifs is 1. The van der Waals surface area contributed by atoms with Crippen LogP contribution in [0, 0.1) is 0 Å². The number of benzene rings is 3. The molecule has 3 N–H and O–H groups in total. The lowest BCUT2D eigenvalue weighted by Gasteiger charge is -2.32. The van der Waals surface area contributed by atoms with Gasteiger partial charge in [0.15, 0.2) is 5.78 Å². The summed E-state index contributed by atoms with van der Waals surface area (Å²) in [4.78, 5) is 27.2. The highest BCUT2D eigenvalue weighted by molar-refractivity contribution is 6.04. The maximum absolute atomic E-state index is 13.6. The zero-order valence-corrected chi connectivity index (χ0v) is 20.7. The van der Waals surface area contributed by atoms with Crippen LogP contribution in [0.2, 0.25) is 0 Å². The van der Waals surface area contributed by atoms with E-state index in [-0.39, 0.29) is 11.7 Å². The Labute approximate surface area is 213 Å². The van der Waals surface area contributed by atoms with Gasteiger partial charge < -0.3 is 10.5 Å². The molecule has 36 heavy (non-hydrogen) atoms. The number of rotatable bonds is 11. The van der Waals surface area contributed by atoms with Crippen LogP contribution in [0.15, 0.2) is 78.9 Å². The van der Waals surface area contributed by atoms with Gasteiger partial charge in [-0.15, -0.1) is 0 Å². The smallest absolute Gasteiger partial charge is 0.273 e. The van der Waals surface area contributed by atoms with E-state index in [1.165, 1.54) is 0 Å². The van der Waals surface area contributed by atoms with Crippen LogP contribution < -0.4 is 20.9 Å². The zero-order chi connectivity index (χ0) is 25.2. The number of carbonyl (C=O) groups is 2. The van der Waals surface area contributed by atoms with Crippen LogP contribution in [0.5, 0.6) is 5.75 Å². The monoisotopic (exact) mass is 485 g/mol. The maximum atomic E-state index is 13.6. The predicted octanol–water partition coefficient (Wildman–Crippen LogP) is 5.32. The molecule has 6 nitrogen and oxygen atoms in total. The molecule has 0 saturated heterocycles. The Balaban J connectivity index is 1.56. The number of nitrogens with two attached hydrogens (primary N) is 1. The van der Waals surface area contributed by atoms with E-state index in [4.69, 9.17) is 10.5 Å². The summed E-state index contributed by atoms with van der Waals surface area (Å²) in [5.41, 5.74) is 11.7. The highest BCUT2D eigenvalue weighted by Gasteiger charge is 2.32. The average molecular weight is 486 g/mol. The highest BCUT2D eigenvalue weighted by Crippen LogP contribution is 2.30. The molecule has 6 heteroatoms. The Morgan fingerprint density at radius 3 is 2.44 bits per heavy atom. The minimum absolute atomic E-state index is 0.00498. The van der Waals surface area contributed by atoms with Crippen molar-refractivity contribution >= 4 is 17.4 Å². The van der Waals surface area contributed by atoms with Gasteiger partial charge >= 0.3 is 0 Å². The number of hydrogen-bond donors (Lipinski definition) is 2. The number of anilines is 1. The van der Waals surface area contributed by atoms with Crippen LogP contribution in [-0.2, 0) is 6.42 Å². The molecule has 0 fully saturated rings. The number of para-hydroxylation sites is 2. The molecular formula is C30H35N3O3. The fourth-order valence-corrected chi connectivity index (χ4v) is 4.65. The second kappa shape index (κ2) is 12.9. The van der Waals surface area contributed by atoms with Gasteiger partial charge in [0.1, 0.15) is 11.8 Å². The summed E-state index contributed by atoms with van der Waals surface area (Å²) in [6.07, 6.45) is 6.39. The number of hydrazine groups is 1. The lowest BCUT2D eigenvalue weighted by molar-refractivity contribution is 0.0909. The number of amides is 1. The lowest BCUT2D eigenvalue weighted by atomic mass is 9.99. The number of carbonyl (C=O) groups excluding carboxylic acids is 2. The second-order valence-electron chi connectivity index (χ2n) is 9.13. The van der Waals surface area contributed by atoms with Gasteiger partial charge in [-0.2, -0.15) is 0 Å². The third-order valence-corrected chi connectivity index (χ3v) is 6.56. The van der Waals surface area contributed by atoms with Crippen molar-refractivity contribution in [1.29, 1.82) is 0 Å². The molecule has 1 atom stereocenters. The summed E-state index contributed by atoms with van der Waals surface area (Å²) in [7, 11) is 0. The normalized spacial score (nSPS) is 15.0. The van der Waals surface area contributed by atoms with E-state index in [1.54, 1.807) is 11.1 Å². The van der Waals surface area contributed by atoms with Crippen molar-refractivity contribution in [3.63, 3.8) is 0 Å². The van der Waals surface area contributed by atoms with Gasteiger partial charge in [0.25, 0.3) is 5.91 Å². The van der Waals surface area contributed by atoms with Gasteiger partial charge in [-0.3, -0.25) is 20.0 Å². The summed E-state index contributed by atoms with van der Waals surface area (Å²) in [6.45, 7) is 1.24. The number of ether oxygens (including phenoxy) is 1. The van der Waals surface area contributed by atoms with Crippen LogP contribution in [0.1, 0.15) is 64.8 Å². The molecule has 0 radical (unpaired) electrons. The SMILES string of the molecule is NCCCCCCOc1ccccc1C(=O)NN1c2ccccc2CCCC1C(=O)c1ccccc1. The Hall–Kier alpha value is -3.64. The first-order chi connectivity index (χ1) is 17.7. The molecule has 1 unspecified atom stereocenters. The zero-order valence-electron chi connectivity index (χ0n) is 20.7. The molecule has 1 aliphatic rings. The van der Waals surface area contributed by atoms with Crippen molar-refractivity contribution in [2.75, 3.05) is 18.2 Å². The molecule has 1 aliphatic heterocycles. The van der Waals surface area contributed by atoms with Crippen molar-refractivity contribution in [2.24, 2.45) is 5.73 Å². The van der Waals surface area contributed by atoms with Crippen LogP contribution in [-0.4, -0.2) is 30.9 Å². The van der Waals surface area contributed by atoms with Crippen LogP contribution >= 0.6 is 0 Å². The second-order valence-corrected chi connectivity index (χ2v) is 9.13. The minimum atomic E-state index is -0.504. The molecule has 1 amide bonds. The number of aryl methyl sites for hydroxylation is 1. The summed E-state index contributed by atoms with van der Waals surface area (Å²) >= 11 is 0. The summed E-state index contributed by atoms with van der Waals surface area (Å²) in [5.74, 6) is 0.244. The minimum Gasteiger partial charge on any atom is -0.493 e. The van der Waals surface area contributed by atoms with Crippen molar-refractivity contribution in [3.8, 4) is 5.75 Å². The number of hydrogen-bond acceptors (Lipinski definition) is 5. The standard InChI is InChI=1S/C30H35N3O3/c31-21-10-1-2-11-22-36-28-20-9-7-17-25(28)30(35)32-33-26-18-8-6-13-23(26)16-12-19-27(33)29(34)24-14-4-3-5-15-24/h3-9,13-15,17-18,20,27H,1-2,10-12,16,19,21-22,31H2,(H,32,35). The molecule has 188 valence electrons. The molecular weight excluding hydrogens is 450 g/mol. The summed E-state index contributed by atoms with van der Waals surface area (Å²) in [5, 5.41) is 1.77. The van der Waals surface area contributed by atoms with E-state index in [0.29, 0.717) is 36.4 Å². The molecule has 0 aromatic heterocycles. The Morgan fingerprint density at radius 2 is 1.61 bits per heavy atom. The molecule has 3 aromatic rings. The van der Waals surface area contributed by atoms with E-state index in [2.05, 4.69) is 11.5 Å². The average Bonchev–Trinajstić information content (AvgIpc) is 3.10. The number of nitrogens with zero attached hydrogens (tertiary/aromatic N) is 1. The van der Waals surface area contributed by atoms with E-state index < -0.39 is 6.04 Å². The topological polar surface area (TPSA) is 84.7 Å². The number of nitrogens with one attached hydrogen (secondary N) is 1. The Kier molecular flexibility index (Phi) is 9.11. The fraction of sp³-hybridized carbons (Fsp3) is 0.333. The van der Waals surface area contributed by atoms with E-state index in [1.807, 2.05) is 66.7 Å². The molecule has 0 bridgehead atoms. The van der Waals surface area contributed by atoms with Gasteiger partial charge in [0, 0.05) is 5.56 Å². The third kappa shape index (κ3) is 6.32. The first kappa shape index (κ1) is 25.5. The molecule has 1 heterocycles. The van der Waals surface area contributed by atoms with Crippen molar-refractivity contribution < 1.29 is 14.3 Å². The van der Waals surface area contributed by atoms with Gasteiger partial charge in [-0.1, -0.05) is 73.5 Å². The van der Waals surface area contributed by atoms with Gasteiger partial charge in [0.05, 0.1) is 17.9 Å². The Morgan fingerprint density at radius 1 is 0.889 bits per heavy atom. The molecule has 4 rings (SSSR count). The van der Waals surface area contributed by atoms with Crippen LogP contribution in [0.25, 0.3) is 0 Å². The quantitative estimate of drug-likeness (QED) is 0.284. The number of Topliss-reactive ketones (excluding diaryl/α,β-unsaturated/α-hetero) is 1. The highest BCUT2D eigenvalue weighted by atomic mass is 16.5. The number of ketones is 1. The molecule has 0 aliphatic carbocycles. The molecule has 0 saturated carbocycles. The van der Waals surface area contributed by atoms with Gasteiger partial charge in [0.2, 0.25) is 0 Å². The van der Waals surface area contributed by atoms with Crippen molar-refractivity contribution in [1.82, 2.24) is 5.43 Å². The van der Waals surface area contributed by atoms with E-state index in [0.717, 1.165) is 49.8 Å². The first-order valence-corrected chi connectivity index (χ1v) is 12.9. The van der Waals surface area contributed by atoms with Crippen LogP contribution in [0.3, 0.4) is 0 Å². The van der Waals surface area contributed by atoms with Crippen LogP contribution in [0.4, 0.5) is 5.69 Å². The lowest BCUT2D eigenvalue weighted by Crippen LogP contribution is -2.52. The Bertz CT molecular complexity index is 1150. The van der Waals surface area contributed by atoms with E-state index >= 15 is 0 Å². The first-order valence-electron chi connectivity index (χ1n) is 12.9. The van der Waals surface area contributed by atoms with Crippen molar-refractivity contribution in [3.05, 3.63) is 95.6 Å². The summed E-state index contributed by atoms with van der Waals surface area (Å²) in [6, 6.07) is 24.0. The number of unbranched alkanes of at least 4 members (excludes halogenated alkanes) is 3. The van der Waals surface area contributed by atoms with Gasteiger partial charge in [-0.05, 0) is 62.4 Å². The van der Waals surface area contributed by atoms with Gasteiger partial charge in [-0.25, -0.2) is 0 Å². The van der Waals surface area contributed by atoms with E-state index in [9.17, 15) is 9.59 Å². The fourth-order valence-electron chi connectivity index (χ4n) is 4.65. The largest absolute Gasteiger partial charge is 0.493 e. The third-order valence-electron chi connectivity index (χ3n) is 6.56. The molecule has 3 aromatic carbocycles. The summed E-state index contributed by atoms with van der Waals surface area (Å²) < 4.78 is 5.99.